The summed E-state index contributed by atoms with van der Waals surface area (Å²) in [6.45, 7) is 2.42. The molecule has 3 nitrogen and oxygen atoms in total. The summed E-state index contributed by atoms with van der Waals surface area (Å²) < 4.78 is 23.1. The van der Waals surface area contributed by atoms with Crippen molar-refractivity contribution >= 4 is 0 Å². The number of rotatable bonds is 2. The first-order valence-corrected chi connectivity index (χ1v) is 2.52. The standard InChI is InChI=1S/C4H8F2N2O/c1-3(5)4(2)8(9)7-6/h3-4H,1-2H3. The highest BCUT2D eigenvalue weighted by Crippen LogP contribution is 2.01. The monoisotopic (exact) mass is 138 g/mol. The van der Waals surface area contributed by atoms with Crippen LogP contribution in [0.5, 0.6) is 0 Å². The Morgan fingerprint density at radius 2 is 2.00 bits per heavy atom. The Hall–Kier alpha value is -0.740. The van der Waals surface area contributed by atoms with Crippen LogP contribution in [0.1, 0.15) is 13.8 Å². The average molecular weight is 138 g/mol. The van der Waals surface area contributed by atoms with Crippen molar-refractivity contribution in [1.82, 2.24) is 0 Å². The smallest absolute Gasteiger partial charge is 0.220 e. The lowest BCUT2D eigenvalue weighted by atomic mass is 10.2. The number of hydroxylamine groups is 1. The molecule has 2 unspecified atom stereocenters. The summed E-state index contributed by atoms with van der Waals surface area (Å²) in [6, 6.07) is -1.05. The Bertz CT molecular complexity index is 115. The molecule has 0 saturated carbocycles. The summed E-state index contributed by atoms with van der Waals surface area (Å²) in [5, 5.41) is 11.8. The minimum atomic E-state index is -1.37. The van der Waals surface area contributed by atoms with E-state index >= 15 is 0 Å². The van der Waals surface area contributed by atoms with E-state index in [-0.39, 0.29) is 4.86 Å². The van der Waals surface area contributed by atoms with Gasteiger partial charge < -0.3 is 5.21 Å². The highest BCUT2D eigenvalue weighted by Gasteiger charge is 2.19. The maximum absolute atomic E-state index is 12.1. The molecule has 0 fully saturated rings. The molecule has 54 valence electrons. The van der Waals surface area contributed by atoms with E-state index in [1.807, 2.05) is 0 Å². The lowest BCUT2D eigenvalue weighted by molar-refractivity contribution is -0.586. The molecular weight excluding hydrogens is 130 g/mol. The molecule has 0 amide bonds. The second-order valence-corrected chi connectivity index (χ2v) is 1.80. The number of alkyl halides is 1. The third-order valence-electron chi connectivity index (χ3n) is 1.09. The van der Waals surface area contributed by atoms with Crippen LogP contribution in [0.15, 0.2) is 5.34 Å². The van der Waals surface area contributed by atoms with Gasteiger partial charge >= 0.3 is 0 Å². The molecule has 0 spiro atoms. The van der Waals surface area contributed by atoms with Gasteiger partial charge in [-0.15, -0.1) is 0 Å². The third kappa shape index (κ3) is 2.34. The van der Waals surface area contributed by atoms with Crippen molar-refractivity contribution in [3.8, 4) is 0 Å². The summed E-state index contributed by atoms with van der Waals surface area (Å²) in [5.74, 6) is 0. The lowest BCUT2D eigenvalue weighted by Crippen LogP contribution is -2.24. The van der Waals surface area contributed by atoms with Crippen LogP contribution in [0.3, 0.4) is 0 Å². The fraction of sp³-hybridized carbons (Fsp3) is 1.00. The second-order valence-electron chi connectivity index (χ2n) is 1.80. The maximum Gasteiger partial charge on any atom is 0.220 e. The van der Waals surface area contributed by atoms with Crippen LogP contribution in [0.25, 0.3) is 0 Å². The van der Waals surface area contributed by atoms with Crippen LogP contribution in [0.2, 0.25) is 0 Å². The molecule has 0 aliphatic rings. The van der Waals surface area contributed by atoms with Crippen LogP contribution < -0.4 is 0 Å². The molecule has 0 aromatic heterocycles. The Balaban J connectivity index is 3.88. The quantitative estimate of drug-likeness (QED) is 0.324. The zero-order valence-corrected chi connectivity index (χ0v) is 5.21. The first kappa shape index (κ1) is 8.26. The van der Waals surface area contributed by atoms with Gasteiger partial charge in [0.05, 0.1) is 0 Å². The van der Waals surface area contributed by atoms with Gasteiger partial charge in [-0.25, -0.2) is 4.39 Å². The minimum absolute atomic E-state index is 0.301. The van der Waals surface area contributed by atoms with Crippen molar-refractivity contribution in [2.24, 2.45) is 5.34 Å². The molecule has 0 bridgehead atoms. The maximum atomic E-state index is 12.1. The first-order valence-electron chi connectivity index (χ1n) is 2.52. The van der Waals surface area contributed by atoms with Gasteiger partial charge in [0, 0.05) is 6.92 Å². The summed E-state index contributed by atoms with van der Waals surface area (Å²) in [7, 11) is 0. The Kier molecular flexibility index (Phi) is 3.05. The topological polar surface area (TPSA) is 38.4 Å². The normalized spacial score (nSPS) is 19.3. The molecule has 0 aliphatic heterocycles. The van der Waals surface area contributed by atoms with Crippen molar-refractivity contribution in [3.05, 3.63) is 5.21 Å². The molecule has 0 rings (SSSR count). The van der Waals surface area contributed by atoms with E-state index in [1.165, 1.54) is 13.8 Å². The van der Waals surface area contributed by atoms with E-state index in [0.717, 1.165) is 0 Å². The number of halogens is 2. The predicted octanol–water partition coefficient (Wildman–Crippen LogP) is 1.58. The lowest BCUT2D eigenvalue weighted by Gasteiger charge is -2.06. The van der Waals surface area contributed by atoms with E-state index in [1.54, 1.807) is 5.34 Å². The van der Waals surface area contributed by atoms with Crippen LogP contribution in [-0.4, -0.2) is 17.1 Å². The van der Waals surface area contributed by atoms with Gasteiger partial charge in [0.1, 0.15) is 0 Å². The van der Waals surface area contributed by atoms with Crippen LogP contribution in [0, 0.1) is 5.21 Å². The second kappa shape index (κ2) is 3.32. The van der Waals surface area contributed by atoms with Crippen LogP contribution in [0.4, 0.5) is 8.87 Å². The Morgan fingerprint density at radius 1 is 1.56 bits per heavy atom. The SMILES string of the molecule is CC(F)C(C)[N+]([O-])=NF. The van der Waals surface area contributed by atoms with Gasteiger partial charge in [-0.2, -0.15) is 0 Å². The van der Waals surface area contributed by atoms with Gasteiger partial charge in [0.2, 0.25) is 6.04 Å². The highest BCUT2D eigenvalue weighted by molar-refractivity contribution is 4.53. The van der Waals surface area contributed by atoms with E-state index in [9.17, 15) is 14.1 Å². The number of hydrogen-bond donors (Lipinski definition) is 0. The minimum Gasteiger partial charge on any atom is -0.598 e. The van der Waals surface area contributed by atoms with E-state index < -0.39 is 12.2 Å². The molecule has 9 heavy (non-hydrogen) atoms. The fourth-order valence-electron chi connectivity index (χ4n) is 0.245. The van der Waals surface area contributed by atoms with E-state index in [2.05, 4.69) is 0 Å². The predicted molar refractivity (Wildman–Crippen MR) is 27.2 cm³/mol. The molecule has 5 heteroatoms. The molecule has 0 N–H and O–H groups in total. The summed E-state index contributed by atoms with van der Waals surface area (Å²) in [4.78, 5) is -0.301. The fourth-order valence-corrected chi connectivity index (χ4v) is 0.245. The number of nitrogens with zero attached hydrogens (tertiary/aromatic N) is 2. The summed E-state index contributed by atoms with van der Waals surface area (Å²) in [5.41, 5.74) is 0. The average Bonchev–Trinajstić information content (AvgIpc) is 1.84. The molecule has 0 radical (unpaired) electrons. The van der Waals surface area contributed by atoms with Gasteiger partial charge in [0.15, 0.2) is 11.5 Å². The molecule has 0 aromatic rings. The zero-order valence-electron chi connectivity index (χ0n) is 5.21. The van der Waals surface area contributed by atoms with E-state index in [4.69, 9.17) is 0 Å². The molecule has 2 atom stereocenters. The van der Waals surface area contributed by atoms with Crippen LogP contribution in [-0.2, 0) is 0 Å². The van der Waals surface area contributed by atoms with Crippen molar-refractivity contribution < 1.29 is 13.7 Å². The van der Waals surface area contributed by atoms with Crippen LogP contribution >= 0.6 is 0 Å². The Labute approximate surface area is 51.5 Å². The van der Waals surface area contributed by atoms with Gasteiger partial charge in [-0.3, -0.25) is 0 Å². The zero-order chi connectivity index (χ0) is 7.44. The molecule has 0 saturated heterocycles. The summed E-state index contributed by atoms with van der Waals surface area (Å²) >= 11 is 0. The van der Waals surface area contributed by atoms with Crippen molar-refractivity contribution in [1.29, 1.82) is 0 Å². The molecular formula is C4H8F2N2O. The first-order chi connectivity index (χ1) is 4.09. The molecule has 0 aliphatic carbocycles. The van der Waals surface area contributed by atoms with Gasteiger partial charge in [-0.05, 0) is 11.4 Å². The molecule has 0 heterocycles. The van der Waals surface area contributed by atoms with Crippen molar-refractivity contribution in [2.45, 2.75) is 26.1 Å². The van der Waals surface area contributed by atoms with Gasteiger partial charge in [0.25, 0.3) is 0 Å². The number of hydrogen-bond acceptors (Lipinski definition) is 2. The summed E-state index contributed by atoms with van der Waals surface area (Å²) in [6.07, 6.45) is -1.37. The highest BCUT2D eigenvalue weighted by atomic mass is 19.2. The largest absolute Gasteiger partial charge is 0.598 e. The van der Waals surface area contributed by atoms with Crippen molar-refractivity contribution in [2.75, 3.05) is 0 Å². The van der Waals surface area contributed by atoms with Gasteiger partial charge in [-0.1, -0.05) is 4.86 Å². The third-order valence-corrected chi connectivity index (χ3v) is 1.09. The molecule has 0 aromatic carbocycles. The van der Waals surface area contributed by atoms with E-state index in [0.29, 0.717) is 0 Å². The Morgan fingerprint density at radius 3 is 2.11 bits per heavy atom. The van der Waals surface area contributed by atoms with Crippen molar-refractivity contribution in [3.63, 3.8) is 0 Å².